The number of alkyl halides is 3. The van der Waals surface area contributed by atoms with Gasteiger partial charge in [-0.2, -0.15) is 0 Å². The molecule has 0 saturated heterocycles. The number of likely N-dealkylation sites (N-methyl/N-ethyl adjacent to an activating group) is 1. The largest absolute Gasteiger partial charge is 0.573 e. The molecule has 0 unspecified atom stereocenters. The maximum atomic E-state index is 12.8. The first-order valence-electron chi connectivity index (χ1n) is 7.96. The Morgan fingerprint density at radius 2 is 1.69 bits per heavy atom. The minimum atomic E-state index is -4.95. The van der Waals surface area contributed by atoms with E-state index < -0.39 is 33.2 Å². The van der Waals surface area contributed by atoms with Crippen LogP contribution in [0.4, 0.5) is 13.2 Å². The van der Waals surface area contributed by atoms with Gasteiger partial charge in [-0.25, -0.2) is 13.1 Å². The molecular formula is C17H16Cl3F3N2O3S. The van der Waals surface area contributed by atoms with Gasteiger partial charge in [-0.1, -0.05) is 40.9 Å². The van der Waals surface area contributed by atoms with Crippen LogP contribution in [0.25, 0.3) is 0 Å². The molecular weight excluding hydrogens is 476 g/mol. The standard InChI is InChI=1S/C17H16Cl3F3N2O3S/c1-25(2)9-15(10-3-5-12(18)13(19)7-10)24-29(26,27)11-4-6-16(14(20)8-11)28-17(21,22)23/h3-8,15,24H,9H2,1-2H3/t15-/m0/s1. The zero-order chi connectivity index (χ0) is 22.0. The highest BCUT2D eigenvalue weighted by Gasteiger charge is 2.32. The van der Waals surface area contributed by atoms with Gasteiger partial charge in [-0.3, -0.25) is 0 Å². The number of rotatable bonds is 7. The van der Waals surface area contributed by atoms with E-state index in [0.29, 0.717) is 10.6 Å². The molecule has 0 aliphatic carbocycles. The van der Waals surface area contributed by atoms with Crippen molar-refractivity contribution in [1.82, 2.24) is 9.62 Å². The summed E-state index contributed by atoms with van der Waals surface area (Å²) in [6.45, 7) is 0.278. The maximum Gasteiger partial charge on any atom is 0.573 e. The Kier molecular flexibility index (Phi) is 7.69. The van der Waals surface area contributed by atoms with Gasteiger partial charge < -0.3 is 9.64 Å². The first-order valence-corrected chi connectivity index (χ1v) is 10.6. The number of sulfonamides is 1. The van der Waals surface area contributed by atoms with Crippen LogP contribution in [0.5, 0.6) is 5.75 Å². The maximum absolute atomic E-state index is 12.8. The molecule has 0 aliphatic rings. The number of ether oxygens (including phenoxy) is 1. The summed E-state index contributed by atoms with van der Waals surface area (Å²) < 4.78 is 68.9. The van der Waals surface area contributed by atoms with Crippen molar-refractivity contribution in [1.29, 1.82) is 0 Å². The summed E-state index contributed by atoms with van der Waals surface area (Å²) in [6, 6.07) is 6.67. The molecule has 29 heavy (non-hydrogen) atoms. The Bertz CT molecular complexity index is 986. The lowest BCUT2D eigenvalue weighted by Crippen LogP contribution is -2.35. The van der Waals surface area contributed by atoms with E-state index in [4.69, 9.17) is 34.8 Å². The van der Waals surface area contributed by atoms with Crippen molar-refractivity contribution in [2.24, 2.45) is 0 Å². The number of benzene rings is 2. The summed E-state index contributed by atoms with van der Waals surface area (Å²) in [4.78, 5) is 1.43. The topological polar surface area (TPSA) is 58.6 Å². The Morgan fingerprint density at radius 1 is 1.03 bits per heavy atom. The molecule has 2 rings (SSSR count). The van der Waals surface area contributed by atoms with E-state index >= 15 is 0 Å². The van der Waals surface area contributed by atoms with Crippen LogP contribution in [0.15, 0.2) is 41.3 Å². The Balaban J connectivity index is 2.34. The summed E-state index contributed by atoms with van der Waals surface area (Å²) in [6.07, 6.45) is -4.95. The zero-order valence-electron chi connectivity index (χ0n) is 15.1. The van der Waals surface area contributed by atoms with Gasteiger partial charge in [0.25, 0.3) is 0 Å². The zero-order valence-corrected chi connectivity index (χ0v) is 18.2. The molecule has 0 aromatic heterocycles. The van der Waals surface area contributed by atoms with Crippen molar-refractivity contribution < 1.29 is 26.3 Å². The van der Waals surface area contributed by atoms with Crippen LogP contribution in [-0.2, 0) is 10.0 Å². The van der Waals surface area contributed by atoms with Crippen LogP contribution in [0.3, 0.4) is 0 Å². The van der Waals surface area contributed by atoms with Crippen molar-refractivity contribution in [3.8, 4) is 5.75 Å². The van der Waals surface area contributed by atoms with E-state index in [1.807, 2.05) is 0 Å². The van der Waals surface area contributed by atoms with Crippen LogP contribution in [0.1, 0.15) is 11.6 Å². The monoisotopic (exact) mass is 490 g/mol. The SMILES string of the molecule is CN(C)C[C@H](NS(=O)(=O)c1ccc(OC(F)(F)F)c(Cl)c1)c1ccc(Cl)c(Cl)c1. The first-order chi connectivity index (χ1) is 13.3. The van der Waals surface area contributed by atoms with E-state index in [1.165, 1.54) is 12.1 Å². The van der Waals surface area contributed by atoms with Crippen LogP contribution < -0.4 is 9.46 Å². The Hall–Kier alpha value is -1.23. The lowest BCUT2D eigenvalue weighted by molar-refractivity contribution is -0.274. The third-order valence-electron chi connectivity index (χ3n) is 3.63. The molecule has 0 saturated carbocycles. The summed E-state index contributed by atoms with van der Waals surface area (Å²) >= 11 is 17.7. The van der Waals surface area contributed by atoms with E-state index in [2.05, 4.69) is 9.46 Å². The van der Waals surface area contributed by atoms with Crippen molar-refractivity contribution in [3.63, 3.8) is 0 Å². The average Bonchev–Trinajstić information content (AvgIpc) is 2.56. The highest BCUT2D eigenvalue weighted by atomic mass is 35.5. The predicted molar refractivity (Wildman–Crippen MR) is 106 cm³/mol. The Morgan fingerprint density at radius 3 is 2.21 bits per heavy atom. The molecule has 1 N–H and O–H groups in total. The number of nitrogens with zero attached hydrogens (tertiary/aromatic N) is 1. The Labute approximate surface area is 181 Å². The average molecular weight is 492 g/mol. The van der Waals surface area contributed by atoms with E-state index in [-0.39, 0.29) is 16.5 Å². The van der Waals surface area contributed by atoms with Gasteiger partial charge in [0.1, 0.15) is 5.75 Å². The third kappa shape index (κ3) is 6.91. The first kappa shape index (κ1) is 24.0. The van der Waals surface area contributed by atoms with Gasteiger partial charge in [-0.15, -0.1) is 13.2 Å². The molecule has 0 fully saturated rings. The van der Waals surface area contributed by atoms with Crippen molar-refractivity contribution in [2.45, 2.75) is 17.3 Å². The molecule has 0 heterocycles. The molecule has 0 radical (unpaired) electrons. The second-order valence-electron chi connectivity index (χ2n) is 6.25. The predicted octanol–water partition coefficient (Wildman–Crippen LogP) is 5.13. The fourth-order valence-electron chi connectivity index (χ4n) is 2.42. The van der Waals surface area contributed by atoms with Gasteiger partial charge in [0.2, 0.25) is 10.0 Å². The molecule has 0 amide bonds. The number of hydrogen-bond donors (Lipinski definition) is 1. The summed E-state index contributed by atoms with van der Waals surface area (Å²) in [5.41, 5.74) is 0.555. The van der Waals surface area contributed by atoms with Gasteiger partial charge in [0.05, 0.1) is 26.0 Å². The molecule has 5 nitrogen and oxygen atoms in total. The highest BCUT2D eigenvalue weighted by Crippen LogP contribution is 2.32. The van der Waals surface area contributed by atoms with Crippen LogP contribution in [-0.4, -0.2) is 40.3 Å². The van der Waals surface area contributed by atoms with Crippen molar-refractivity contribution >= 4 is 44.8 Å². The second kappa shape index (κ2) is 9.28. The summed E-state index contributed by atoms with van der Waals surface area (Å²) in [5.74, 6) is -0.701. The molecule has 160 valence electrons. The van der Waals surface area contributed by atoms with E-state index in [9.17, 15) is 21.6 Å². The van der Waals surface area contributed by atoms with Crippen molar-refractivity contribution in [3.05, 3.63) is 57.0 Å². The molecule has 12 heteroatoms. The van der Waals surface area contributed by atoms with Crippen LogP contribution in [0.2, 0.25) is 15.1 Å². The van der Waals surface area contributed by atoms with Gasteiger partial charge >= 0.3 is 6.36 Å². The molecule has 2 aromatic carbocycles. The van der Waals surface area contributed by atoms with Crippen molar-refractivity contribution in [2.75, 3.05) is 20.6 Å². The van der Waals surface area contributed by atoms with E-state index in [1.54, 1.807) is 25.1 Å². The van der Waals surface area contributed by atoms with Crippen LogP contribution >= 0.6 is 34.8 Å². The van der Waals surface area contributed by atoms with Gasteiger partial charge in [0.15, 0.2) is 0 Å². The van der Waals surface area contributed by atoms with E-state index in [0.717, 1.165) is 18.2 Å². The molecule has 2 aromatic rings. The lowest BCUT2D eigenvalue weighted by atomic mass is 10.1. The minimum Gasteiger partial charge on any atom is -0.404 e. The third-order valence-corrected chi connectivity index (χ3v) is 6.13. The second-order valence-corrected chi connectivity index (χ2v) is 9.19. The van der Waals surface area contributed by atoms with Crippen LogP contribution in [0, 0.1) is 0 Å². The number of halogens is 6. The smallest absolute Gasteiger partial charge is 0.404 e. The fourth-order valence-corrected chi connectivity index (χ4v) is 4.25. The number of hydrogen-bond acceptors (Lipinski definition) is 4. The normalized spacial score (nSPS) is 13.6. The highest BCUT2D eigenvalue weighted by molar-refractivity contribution is 7.89. The minimum absolute atomic E-state index is 0.254. The quantitative estimate of drug-likeness (QED) is 0.584. The lowest BCUT2D eigenvalue weighted by Gasteiger charge is -2.23. The van der Waals surface area contributed by atoms with Gasteiger partial charge in [-0.05, 0) is 50.0 Å². The fraction of sp³-hybridized carbons (Fsp3) is 0.294. The summed E-state index contributed by atoms with van der Waals surface area (Å²) in [7, 11) is -0.635. The molecule has 0 spiro atoms. The molecule has 0 bridgehead atoms. The molecule has 1 atom stereocenters. The number of nitrogens with one attached hydrogen (secondary N) is 1. The molecule has 0 aliphatic heterocycles. The summed E-state index contributed by atoms with van der Waals surface area (Å²) in [5, 5.41) is 0.0710. The van der Waals surface area contributed by atoms with Gasteiger partial charge in [0, 0.05) is 6.54 Å².